The maximum absolute atomic E-state index is 12.9. The first-order valence-electron chi connectivity index (χ1n) is 9.70. The molecule has 0 aliphatic carbocycles. The fourth-order valence-corrected chi connectivity index (χ4v) is 3.67. The fraction of sp³-hybridized carbons (Fsp3) is 0.550. The van der Waals surface area contributed by atoms with Gasteiger partial charge >= 0.3 is 6.18 Å². The van der Waals surface area contributed by atoms with E-state index in [9.17, 15) is 22.8 Å². The molecule has 164 valence electrons. The Morgan fingerprint density at radius 2 is 1.93 bits per heavy atom. The highest BCUT2D eigenvalue weighted by Gasteiger charge is 2.42. The molecule has 10 heteroatoms. The molecule has 0 bridgehead atoms. The van der Waals surface area contributed by atoms with Crippen LogP contribution < -0.4 is 15.0 Å². The Morgan fingerprint density at radius 3 is 2.60 bits per heavy atom. The van der Waals surface area contributed by atoms with Crippen LogP contribution in [0.25, 0.3) is 10.9 Å². The van der Waals surface area contributed by atoms with Gasteiger partial charge in [0.1, 0.15) is 0 Å². The van der Waals surface area contributed by atoms with Crippen LogP contribution in [-0.2, 0) is 11.3 Å². The van der Waals surface area contributed by atoms with Crippen LogP contribution in [-0.4, -0.2) is 53.8 Å². The van der Waals surface area contributed by atoms with E-state index in [1.54, 1.807) is 12.1 Å². The molecule has 0 spiro atoms. The van der Waals surface area contributed by atoms with Gasteiger partial charge in [-0.2, -0.15) is 13.2 Å². The number of rotatable bonds is 6. The lowest BCUT2D eigenvalue weighted by Gasteiger charge is -2.33. The molecule has 3 rings (SSSR count). The minimum Gasteiger partial charge on any atom is -0.493 e. The van der Waals surface area contributed by atoms with Crippen molar-refractivity contribution in [3.63, 3.8) is 0 Å². The number of benzene rings is 1. The van der Waals surface area contributed by atoms with Crippen molar-refractivity contribution in [3.05, 3.63) is 28.8 Å². The number of fused-ring (bicyclic) bond motifs is 1. The fourth-order valence-electron chi connectivity index (χ4n) is 3.67. The summed E-state index contributed by atoms with van der Waals surface area (Å²) in [6, 6.07) is 3.16. The van der Waals surface area contributed by atoms with Crippen LogP contribution in [0.2, 0.25) is 0 Å². The lowest BCUT2D eigenvalue weighted by atomic mass is 9.97. The lowest BCUT2D eigenvalue weighted by Crippen LogP contribution is -2.44. The molecule has 1 amide bonds. The second kappa shape index (κ2) is 8.93. The van der Waals surface area contributed by atoms with Crippen molar-refractivity contribution in [2.45, 2.75) is 38.4 Å². The number of ether oxygens (including phenoxy) is 2. The summed E-state index contributed by atoms with van der Waals surface area (Å²) < 4.78 is 50.6. The monoisotopic (exact) mass is 427 g/mol. The summed E-state index contributed by atoms with van der Waals surface area (Å²) in [5.74, 6) is -0.924. The molecular formula is C20H24F3N3O4. The molecule has 7 nitrogen and oxygen atoms in total. The van der Waals surface area contributed by atoms with Crippen LogP contribution in [0, 0.1) is 5.92 Å². The average Bonchev–Trinajstić information content (AvgIpc) is 2.74. The smallest absolute Gasteiger partial charge is 0.393 e. The number of aromatic nitrogens is 2. The lowest BCUT2D eigenvalue weighted by molar-refractivity contribution is -0.188. The van der Waals surface area contributed by atoms with E-state index in [2.05, 4.69) is 4.98 Å². The zero-order chi connectivity index (χ0) is 21.9. The Kier molecular flexibility index (Phi) is 6.52. The normalized spacial score (nSPS) is 17.2. The summed E-state index contributed by atoms with van der Waals surface area (Å²) >= 11 is 0. The maximum Gasteiger partial charge on any atom is 0.393 e. The van der Waals surface area contributed by atoms with E-state index < -0.39 is 12.1 Å². The van der Waals surface area contributed by atoms with Gasteiger partial charge in [0.15, 0.2) is 11.5 Å². The number of amides is 1. The van der Waals surface area contributed by atoms with E-state index in [4.69, 9.17) is 9.47 Å². The van der Waals surface area contributed by atoms with Gasteiger partial charge in [0.05, 0.1) is 37.4 Å². The molecule has 1 aromatic carbocycles. The molecule has 1 unspecified atom stereocenters. The van der Waals surface area contributed by atoms with Crippen molar-refractivity contribution in [2.75, 3.05) is 27.3 Å². The molecule has 1 aromatic heterocycles. The molecule has 1 aliphatic heterocycles. The highest BCUT2D eigenvalue weighted by Crippen LogP contribution is 2.33. The van der Waals surface area contributed by atoms with Crippen LogP contribution in [0.4, 0.5) is 13.2 Å². The summed E-state index contributed by atoms with van der Waals surface area (Å²) in [4.78, 5) is 30.6. The third kappa shape index (κ3) is 4.68. The number of carbonyl (C=O) groups excluding carboxylic acids is 1. The highest BCUT2D eigenvalue weighted by molar-refractivity contribution is 5.81. The summed E-state index contributed by atoms with van der Waals surface area (Å²) in [5.41, 5.74) is 0.167. The molecule has 1 atom stereocenters. The first-order chi connectivity index (χ1) is 14.2. The zero-order valence-corrected chi connectivity index (χ0v) is 16.9. The first kappa shape index (κ1) is 21.9. The quantitative estimate of drug-likeness (QED) is 0.709. The third-order valence-corrected chi connectivity index (χ3v) is 5.36. The standard InChI is InChI=1S/C20H24F3N3O4/c1-29-16-9-14-15(10-17(16)30-2)24-12-26(19(14)28)8-4-6-18(27)25-7-3-5-13(11-25)20(21,22)23/h9-10,12-13H,3-8,11H2,1-2H3. The summed E-state index contributed by atoms with van der Waals surface area (Å²) in [6.07, 6.45) is -2.10. The third-order valence-electron chi connectivity index (χ3n) is 5.36. The number of piperidine rings is 1. The van der Waals surface area contributed by atoms with Gasteiger partial charge in [0.25, 0.3) is 5.56 Å². The molecule has 30 heavy (non-hydrogen) atoms. The summed E-state index contributed by atoms with van der Waals surface area (Å²) in [7, 11) is 2.95. The predicted molar refractivity (Wildman–Crippen MR) is 104 cm³/mol. The van der Waals surface area contributed by atoms with Gasteiger partial charge in [0.2, 0.25) is 5.91 Å². The molecule has 0 radical (unpaired) electrons. The molecule has 0 N–H and O–H groups in total. The Balaban J connectivity index is 1.65. The molecule has 1 aliphatic rings. The van der Waals surface area contributed by atoms with Gasteiger partial charge in [-0.15, -0.1) is 0 Å². The van der Waals surface area contributed by atoms with E-state index in [1.165, 1.54) is 30.0 Å². The Labute approximate surface area is 171 Å². The minimum absolute atomic E-state index is 0.0552. The van der Waals surface area contributed by atoms with E-state index in [-0.39, 0.29) is 37.4 Å². The van der Waals surface area contributed by atoms with Crippen LogP contribution in [0.5, 0.6) is 11.5 Å². The van der Waals surface area contributed by atoms with Crippen LogP contribution in [0.15, 0.2) is 23.3 Å². The predicted octanol–water partition coefficient (Wildman–Crippen LogP) is 2.99. The topological polar surface area (TPSA) is 73.7 Å². The van der Waals surface area contributed by atoms with Gasteiger partial charge in [-0.1, -0.05) is 0 Å². The van der Waals surface area contributed by atoms with Crippen molar-refractivity contribution in [1.82, 2.24) is 14.5 Å². The van der Waals surface area contributed by atoms with Crippen molar-refractivity contribution in [3.8, 4) is 11.5 Å². The second-order valence-corrected chi connectivity index (χ2v) is 7.29. The number of carbonyl (C=O) groups is 1. The Morgan fingerprint density at radius 1 is 1.23 bits per heavy atom. The van der Waals surface area contributed by atoms with Gasteiger partial charge in [-0.05, 0) is 25.3 Å². The van der Waals surface area contributed by atoms with E-state index in [1.807, 2.05) is 0 Å². The number of halogens is 3. The van der Waals surface area contributed by atoms with Crippen molar-refractivity contribution < 1.29 is 27.4 Å². The van der Waals surface area contributed by atoms with Crippen molar-refractivity contribution in [1.29, 1.82) is 0 Å². The largest absolute Gasteiger partial charge is 0.493 e. The highest BCUT2D eigenvalue weighted by atomic mass is 19.4. The van der Waals surface area contributed by atoms with Crippen LogP contribution in [0.1, 0.15) is 25.7 Å². The van der Waals surface area contributed by atoms with Gasteiger partial charge in [0, 0.05) is 32.1 Å². The van der Waals surface area contributed by atoms with Gasteiger partial charge in [-0.25, -0.2) is 4.98 Å². The molecule has 2 heterocycles. The number of nitrogens with zero attached hydrogens (tertiary/aromatic N) is 3. The van der Waals surface area contributed by atoms with Crippen LogP contribution in [0.3, 0.4) is 0 Å². The van der Waals surface area contributed by atoms with E-state index in [0.29, 0.717) is 41.8 Å². The molecule has 2 aromatic rings. The van der Waals surface area contributed by atoms with E-state index in [0.717, 1.165) is 0 Å². The van der Waals surface area contributed by atoms with Gasteiger partial charge < -0.3 is 14.4 Å². The number of methoxy groups -OCH3 is 2. The number of hydrogen-bond donors (Lipinski definition) is 0. The maximum atomic E-state index is 12.9. The molecule has 1 saturated heterocycles. The zero-order valence-electron chi connectivity index (χ0n) is 16.9. The number of aryl methyl sites for hydroxylation is 1. The Hall–Kier alpha value is -2.78. The molecule has 1 fully saturated rings. The number of likely N-dealkylation sites (tertiary alicyclic amines) is 1. The molecule has 0 saturated carbocycles. The minimum atomic E-state index is -4.28. The van der Waals surface area contributed by atoms with Crippen molar-refractivity contribution >= 4 is 16.8 Å². The number of hydrogen-bond acceptors (Lipinski definition) is 5. The Bertz CT molecular complexity index is 974. The summed E-state index contributed by atoms with van der Waals surface area (Å²) in [5, 5.41) is 0.352. The van der Waals surface area contributed by atoms with Crippen molar-refractivity contribution in [2.24, 2.45) is 5.92 Å². The molecular weight excluding hydrogens is 403 g/mol. The van der Waals surface area contributed by atoms with E-state index >= 15 is 0 Å². The average molecular weight is 427 g/mol. The SMILES string of the molecule is COc1cc2ncn(CCCC(=O)N3CCCC(C(F)(F)F)C3)c(=O)c2cc1OC. The van der Waals surface area contributed by atoms with Gasteiger partial charge in [-0.3, -0.25) is 14.2 Å². The first-order valence-corrected chi connectivity index (χ1v) is 9.70. The number of alkyl halides is 3. The summed E-state index contributed by atoms with van der Waals surface area (Å²) in [6.45, 7) is 0.282. The second-order valence-electron chi connectivity index (χ2n) is 7.29. The van der Waals surface area contributed by atoms with Crippen LogP contribution >= 0.6 is 0 Å².